The molecule has 0 bridgehead atoms. The van der Waals surface area contributed by atoms with Crippen LogP contribution in [0.15, 0.2) is 42.5 Å². The van der Waals surface area contributed by atoms with E-state index in [0.717, 1.165) is 59.6 Å². The number of carbonyl (C=O) groups is 1. The fourth-order valence-electron chi connectivity index (χ4n) is 4.33. The first-order chi connectivity index (χ1) is 16.0. The number of aromatic nitrogens is 2. The van der Waals surface area contributed by atoms with E-state index in [2.05, 4.69) is 54.4 Å². The molecular weight excluding hydrogens is 416 g/mol. The second-order valence-corrected chi connectivity index (χ2v) is 8.67. The molecule has 1 aliphatic heterocycles. The molecule has 7 heteroatoms. The Morgan fingerprint density at radius 2 is 2.00 bits per heavy atom. The van der Waals surface area contributed by atoms with Gasteiger partial charge in [-0.1, -0.05) is 30.3 Å². The number of benzene rings is 2. The number of aryl methyl sites for hydroxylation is 2. The number of ether oxygens (including phenoxy) is 2. The van der Waals surface area contributed by atoms with Gasteiger partial charge in [0.15, 0.2) is 5.82 Å². The smallest absolute Gasteiger partial charge is 0.407 e. The van der Waals surface area contributed by atoms with Crippen molar-refractivity contribution in [2.24, 2.45) is 5.92 Å². The van der Waals surface area contributed by atoms with Gasteiger partial charge in [0.1, 0.15) is 12.4 Å². The number of piperidine rings is 1. The molecule has 33 heavy (non-hydrogen) atoms. The van der Waals surface area contributed by atoms with Gasteiger partial charge in [0, 0.05) is 37.7 Å². The predicted octanol–water partition coefficient (Wildman–Crippen LogP) is 4.50. The van der Waals surface area contributed by atoms with E-state index in [0.29, 0.717) is 19.1 Å². The fourth-order valence-corrected chi connectivity index (χ4v) is 4.33. The summed E-state index contributed by atoms with van der Waals surface area (Å²) in [6.07, 6.45) is 1.71. The number of methoxy groups -OCH3 is 1. The zero-order valence-electron chi connectivity index (χ0n) is 19.6. The van der Waals surface area contributed by atoms with Crippen LogP contribution in [0.25, 0.3) is 22.3 Å². The Labute approximate surface area is 195 Å². The molecular formula is C26H32N4O3. The lowest BCUT2D eigenvalue weighted by molar-refractivity contribution is 0.0976. The average Bonchev–Trinajstić information content (AvgIpc) is 2.82. The normalized spacial score (nSPS) is 16.1. The maximum absolute atomic E-state index is 11.9. The van der Waals surface area contributed by atoms with Gasteiger partial charge in [-0.2, -0.15) is 0 Å². The number of nitrogens with one attached hydrogen (secondary N) is 1. The SMILES string of the molecule is COCCOC(=O)NC[C@@H]1CCCN(c2nc(-c3ccccc3C)nc3cc(C)ccc23)C1. The molecule has 0 spiro atoms. The Kier molecular flexibility index (Phi) is 7.40. The molecule has 1 aromatic heterocycles. The number of anilines is 1. The third-order valence-corrected chi connectivity index (χ3v) is 6.09. The van der Waals surface area contributed by atoms with Crippen molar-refractivity contribution in [3.63, 3.8) is 0 Å². The van der Waals surface area contributed by atoms with Gasteiger partial charge in [-0.3, -0.25) is 0 Å². The van der Waals surface area contributed by atoms with Gasteiger partial charge >= 0.3 is 6.09 Å². The lowest BCUT2D eigenvalue weighted by Crippen LogP contribution is -2.41. The molecule has 0 radical (unpaired) electrons. The van der Waals surface area contributed by atoms with E-state index in [1.54, 1.807) is 7.11 Å². The second kappa shape index (κ2) is 10.6. The van der Waals surface area contributed by atoms with Crippen LogP contribution in [0.1, 0.15) is 24.0 Å². The van der Waals surface area contributed by atoms with Crippen LogP contribution in [0.5, 0.6) is 0 Å². The third-order valence-electron chi connectivity index (χ3n) is 6.09. The highest BCUT2D eigenvalue weighted by molar-refractivity contribution is 5.91. The van der Waals surface area contributed by atoms with Gasteiger partial charge in [-0.25, -0.2) is 14.8 Å². The summed E-state index contributed by atoms with van der Waals surface area (Å²) in [6, 6.07) is 14.6. The summed E-state index contributed by atoms with van der Waals surface area (Å²) >= 11 is 0. The molecule has 0 aliphatic carbocycles. The van der Waals surface area contributed by atoms with E-state index in [1.807, 2.05) is 12.1 Å². The summed E-state index contributed by atoms with van der Waals surface area (Å²) < 4.78 is 10.0. The molecule has 1 amide bonds. The largest absolute Gasteiger partial charge is 0.447 e. The van der Waals surface area contributed by atoms with Crippen molar-refractivity contribution in [1.82, 2.24) is 15.3 Å². The molecule has 0 unspecified atom stereocenters. The predicted molar refractivity (Wildman–Crippen MR) is 131 cm³/mol. The molecule has 3 aromatic rings. The molecule has 1 aliphatic rings. The van der Waals surface area contributed by atoms with Gasteiger partial charge in [0.2, 0.25) is 0 Å². The number of hydrogen-bond acceptors (Lipinski definition) is 6. The number of carbonyl (C=O) groups excluding carboxylic acids is 1. The summed E-state index contributed by atoms with van der Waals surface area (Å²) in [4.78, 5) is 24.2. The lowest BCUT2D eigenvalue weighted by Gasteiger charge is -2.34. The van der Waals surface area contributed by atoms with E-state index in [4.69, 9.17) is 19.4 Å². The quantitative estimate of drug-likeness (QED) is 0.536. The van der Waals surface area contributed by atoms with Gasteiger partial charge in [-0.05, 0) is 55.9 Å². The molecule has 0 saturated carbocycles. The number of amides is 1. The van der Waals surface area contributed by atoms with Crippen molar-refractivity contribution in [3.05, 3.63) is 53.6 Å². The Balaban J connectivity index is 1.57. The van der Waals surface area contributed by atoms with Gasteiger partial charge in [0.05, 0.1) is 12.1 Å². The summed E-state index contributed by atoms with van der Waals surface area (Å²) in [5.74, 6) is 2.04. The van der Waals surface area contributed by atoms with Crippen LogP contribution in [-0.4, -0.2) is 56.0 Å². The number of hydrogen-bond donors (Lipinski definition) is 1. The van der Waals surface area contributed by atoms with E-state index in [1.165, 1.54) is 5.56 Å². The highest BCUT2D eigenvalue weighted by atomic mass is 16.6. The van der Waals surface area contributed by atoms with Crippen LogP contribution in [0.3, 0.4) is 0 Å². The molecule has 2 heterocycles. The number of alkyl carbamates (subject to hydrolysis) is 1. The first-order valence-corrected chi connectivity index (χ1v) is 11.5. The topological polar surface area (TPSA) is 76.6 Å². The molecule has 1 atom stereocenters. The summed E-state index contributed by atoms with van der Waals surface area (Å²) in [7, 11) is 1.58. The number of fused-ring (bicyclic) bond motifs is 1. The van der Waals surface area contributed by atoms with Crippen molar-refractivity contribution in [2.45, 2.75) is 26.7 Å². The zero-order chi connectivity index (χ0) is 23.2. The molecule has 1 fully saturated rings. The van der Waals surface area contributed by atoms with E-state index >= 15 is 0 Å². The summed E-state index contributed by atoms with van der Waals surface area (Å²) in [6.45, 7) is 7.17. The van der Waals surface area contributed by atoms with Crippen LogP contribution < -0.4 is 10.2 Å². The Hall–Kier alpha value is -3.19. The molecule has 2 aromatic carbocycles. The monoisotopic (exact) mass is 448 g/mol. The van der Waals surface area contributed by atoms with Crippen molar-refractivity contribution in [2.75, 3.05) is 44.9 Å². The average molecular weight is 449 g/mol. The van der Waals surface area contributed by atoms with E-state index in [-0.39, 0.29) is 6.61 Å². The fraction of sp³-hybridized carbons (Fsp3) is 0.423. The third kappa shape index (κ3) is 5.60. The van der Waals surface area contributed by atoms with Crippen molar-refractivity contribution < 1.29 is 14.3 Å². The Morgan fingerprint density at radius 1 is 1.15 bits per heavy atom. The molecule has 1 N–H and O–H groups in total. The minimum Gasteiger partial charge on any atom is -0.447 e. The van der Waals surface area contributed by atoms with Crippen molar-refractivity contribution in [3.8, 4) is 11.4 Å². The summed E-state index contributed by atoms with van der Waals surface area (Å²) in [5.41, 5.74) is 4.34. The van der Waals surface area contributed by atoms with Crippen LogP contribution in [-0.2, 0) is 9.47 Å². The van der Waals surface area contributed by atoms with E-state index in [9.17, 15) is 4.79 Å². The summed E-state index contributed by atoms with van der Waals surface area (Å²) in [5, 5.41) is 3.96. The maximum Gasteiger partial charge on any atom is 0.407 e. The van der Waals surface area contributed by atoms with Crippen molar-refractivity contribution >= 4 is 22.8 Å². The van der Waals surface area contributed by atoms with Crippen molar-refractivity contribution in [1.29, 1.82) is 0 Å². The first-order valence-electron chi connectivity index (χ1n) is 11.5. The van der Waals surface area contributed by atoms with Gasteiger partial charge < -0.3 is 19.7 Å². The second-order valence-electron chi connectivity index (χ2n) is 8.67. The van der Waals surface area contributed by atoms with Gasteiger partial charge in [0.25, 0.3) is 0 Å². The minimum absolute atomic E-state index is 0.257. The standard InChI is InChI=1S/C26H32N4O3/c1-18-10-11-22-23(15-18)28-24(21-9-5-4-7-19(21)2)29-25(22)30-12-6-8-20(17-30)16-27-26(31)33-14-13-32-3/h4-5,7,9-11,15,20H,6,8,12-14,16-17H2,1-3H3,(H,27,31)/t20-/m0/s1. The molecule has 7 nitrogen and oxygen atoms in total. The highest BCUT2D eigenvalue weighted by Crippen LogP contribution is 2.31. The van der Waals surface area contributed by atoms with Gasteiger partial charge in [-0.15, -0.1) is 0 Å². The van der Waals surface area contributed by atoms with Crippen LogP contribution in [0.2, 0.25) is 0 Å². The zero-order valence-corrected chi connectivity index (χ0v) is 19.6. The first kappa shape index (κ1) is 23.0. The van der Waals surface area contributed by atoms with E-state index < -0.39 is 6.09 Å². The van der Waals surface area contributed by atoms with Crippen LogP contribution in [0, 0.1) is 19.8 Å². The molecule has 4 rings (SSSR count). The lowest BCUT2D eigenvalue weighted by atomic mass is 9.97. The molecule has 174 valence electrons. The number of rotatable bonds is 7. The minimum atomic E-state index is -0.394. The highest BCUT2D eigenvalue weighted by Gasteiger charge is 2.24. The van der Waals surface area contributed by atoms with Crippen LogP contribution in [0.4, 0.5) is 10.6 Å². The Bertz CT molecular complexity index is 1120. The Morgan fingerprint density at radius 3 is 2.82 bits per heavy atom. The number of nitrogens with zero attached hydrogens (tertiary/aromatic N) is 3. The maximum atomic E-state index is 11.9. The van der Waals surface area contributed by atoms with Crippen LogP contribution >= 0.6 is 0 Å². The molecule has 1 saturated heterocycles.